The fourth-order valence-corrected chi connectivity index (χ4v) is 2.98. The lowest BCUT2D eigenvalue weighted by Gasteiger charge is -2.28. The molecule has 1 amide bonds. The van der Waals surface area contributed by atoms with E-state index >= 15 is 0 Å². The molecule has 0 heterocycles. The fourth-order valence-electron chi connectivity index (χ4n) is 2.98. The van der Waals surface area contributed by atoms with E-state index in [2.05, 4.69) is 10.1 Å². The van der Waals surface area contributed by atoms with Gasteiger partial charge in [-0.2, -0.15) is 0 Å². The normalized spacial score (nSPS) is 20.0. The maximum atomic E-state index is 14.2. The van der Waals surface area contributed by atoms with Crippen LogP contribution in [0.1, 0.15) is 42.5 Å². The largest absolute Gasteiger partial charge is 0.487 e. The van der Waals surface area contributed by atoms with Gasteiger partial charge in [0.25, 0.3) is 5.91 Å². The summed E-state index contributed by atoms with van der Waals surface area (Å²) in [4.78, 5) is 23.1. The van der Waals surface area contributed by atoms with Gasteiger partial charge in [-0.25, -0.2) is 4.39 Å². The average Bonchev–Trinajstić information content (AvgIpc) is 2.62. The molecule has 7 heteroatoms. The van der Waals surface area contributed by atoms with Crippen molar-refractivity contribution in [1.29, 1.82) is 0 Å². The summed E-state index contributed by atoms with van der Waals surface area (Å²) in [6.45, 7) is 0.668. The van der Waals surface area contributed by atoms with Gasteiger partial charge >= 0.3 is 5.97 Å². The smallest absolute Gasteiger partial charge is 0.305 e. The van der Waals surface area contributed by atoms with Crippen LogP contribution in [0.3, 0.4) is 0 Å². The first-order valence-electron chi connectivity index (χ1n) is 8.54. The Bertz CT molecular complexity index is 601. The van der Waals surface area contributed by atoms with Crippen molar-refractivity contribution in [2.24, 2.45) is 11.7 Å². The minimum absolute atomic E-state index is 0.0830. The molecule has 1 aliphatic rings. The molecule has 0 atom stereocenters. The fraction of sp³-hybridized carbons (Fsp3) is 0.556. The number of ether oxygens (including phenoxy) is 2. The van der Waals surface area contributed by atoms with E-state index in [0.717, 1.165) is 25.7 Å². The molecule has 0 aromatic heterocycles. The Morgan fingerprint density at radius 2 is 2.00 bits per heavy atom. The summed E-state index contributed by atoms with van der Waals surface area (Å²) in [5.41, 5.74) is 5.56. The van der Waals surface area contributed by atoms with Crippen LogP contribution >= 0.6 is 0 Å². The van der Waals surface area contributed by atoms with Crippen LogP contribution in [0.25, 0.3) is 0 Å². The van der Waals surface area contributed by atoms with Crippen LogP contribution in [-0.4, -0.2) is 38.2 Å². The Kier molecular flexibility index (Phi) is 7.18. The Morgan fingerprint density at radius 1 is 1.28 bits per heavy atom. The van der Waals surface area contributed by atoms with Crippen molar-refractivity contribution >= 4 is 11.9 Å². The number of carbonyl (C=O) groups excluding carboxylic acids is 2. The molecule has 0 saturated heterocycles. The number of rotatable bonds is 7. The zero-order valence-corrected chi connectivity index (χ0v) is 14.4. The van der Waals surface area contributed by atoms with E-state index in [4.69, 9.17) is 10.5 Å². The van der Waals surface area contributed by atoms with Crippen LogP contribution in [-0.2, 0) is 9.53 Å². The second-order valence-corrected chi connectivity index (χ2v) is 6.23. The van der Waals surface area contributed by atoms with Gasteiger partial charge in [0.1, 0.15) is 0 Å². The number of nitrogens with one attached hydrogen (secondary N) is 1. The number of halogens is 1. The molecule has 0 aliphatic heterocycles. The van der Waals surface area contributed by atoms with E-state index in [1.54, 1.807) is 0 Å². The van der Waals surface area contributed by atoms with E-state index in [9.17, 15) is 14.0 Å². The first kappa shape index (κ1) is 19.2. The predicted molar refractivity (Wildman–Crippen MR) is 90.8 cm³/mol. The zero-order valence-electron chi connectivity index (χ0n) is 14.4. The van der Waals surface area contributed by atoms with Gasteiger partial charge in [0, 0.05) is 25.1 Å². The highest BCUT2D eigenvalue weighted by Crippen LogP contribution is 2.30. The van der Waals surface area contributed by atoms with Crippen molar-refractivity contribution in [2.75, 3.05) is 20.2 Å². The lowest BCUT2D eigenvalue weighted by molar-refractivity contribution is -0.142. The molecule has 0 bridgehead atoms. The highest BCUT2D eigenvalue weighted by atomic mass is 19.1. The molecular formula is C18H25FN2O4. The SMILES string of the molecule is COC(=O)CC1CCC(Oc2ccc(C(=O)NCCN)cc2F)CC1. The number of carbonyl (C=O) groups is 2. The van der Waals surface area contributed by atoms with Crippen molar-refractivity contribution in [1.82, 2.24) is 5.32 Å². The molecule has 1 aromatic rings. The first-order valence-corrected chi connectivity index (χ1v) is 8.54. The van der Waals surface area contributed by atoms with Gasteiger partial charge in [0.05, 0.1) is 13.2 Å². The van der Waals surface area contributed by atoms with Gasteiger partial charge in [0.15, 0.2) is 11.6 Å². The van der Waals surface area contributed by atoms with Crippen LogP contribution in [0.5, 0.6) is 5.75 Å². The third kappa shape index (κ3) is 5.70. The van der Waals surface area contributed by atoms with Crippen LogP contribution in [0, 0.1) is 11.7 Å². The van der Waals surface area contributed by atoms with E-state index < -0.39 is 5.82 Å². The molecule has 1 fully saturated rings. The minimum atomic E-state index is -0.558. The number of methoxy groups -OCH3 is 1. The molecule has 6 nitrogen and oxygen atoms in total. The maximum Gasteiger partial charge on any atom is 0.305 e. The van der Waals surface area contributed by atoms with E-state index in [1.807, 2.05) is 0 Å². The molecule has 138 valence electrons. The van der Waals surface area contributed by atoms with Gasteiger partial charge in [-0.15, -0.1) is 0 Å². The van der Waals surface area contributed by atoms with Crippen molar-refractivity contribution in [3.05, 3.63) is 29.6 Å². The number of benzene rings is 1. The van der Waals surface area contributed by atoms with Crippen LogP contribution in [0.2, 0.25) is 0 Å². The number of hydrogen-bond donors (Lipinski definition) is 2. The van der Waals surface area contributed by atoms with Crippen molar-refractivity contribution < 1.29 is 23.5 Å². The van der Waals surface area contributed by atoms with Crippen LogP contribution < -0.4 is 15.8 Å². The predicted octanol–water partition coefficient (Wildman–Crippen LogP) is 2.01. The van der Waals surface area contributed by atoms with Crippen molar-refractivity contribution in [2.45, 2.75) is 38.2 Å². The molecule has 25 heavy (non-hydrogen) atoms. The zero-order chi connectivity index (χ0) is 18.2. The molecule has 1 saturated carbocycles. The van der Waals surface area contributed by atoms with Crippen LogP contribution in [0.4, 0.5) is 4.39 Å². The molecule has 0 unspecified atom stereocenters. The summed E-state index contributed by atoms with van der Waals surface area (Å²) in [7, 11) is 1.39. The maximum absolute atomic E-state index is 14.2. The summed E-state index contributed by atoms with van der Waals surface area (Å²) in [6, 6.07) is 4.18. The third-order valence-corrected chi connectivity index (χ3v) is 4.39. The Balaban J connectivity index is 1.87. The van der Waals surface area contributed by atoms with E-state index in [-0.39, 0.29) is 29.3 Å². The Labute approximate surface area is 146 Å². The molecule has 0 spiro atoms. The minimum Gasteiger partial charge on any atom is -0.487 e. The van der Waals surface area contributed by atoms with Gasteiger partial charge in [-0.05, 0) is 49.8 Å². The number of nitrogens with two attached hydrogens (primary N) is 1. The second-order valence-electron chi connectivity index (χ2n) is 6.23. The Morgan fingerprint density at radius 3 is 2.60 bits per heavy atom. The van der Waals surface area contributed by atoms with Gasteiger partial charge < -0.3 is 20.5 Å². The highest BCUT2D eigenvalue weighted by Gasteiger charge is 2.25. The average molecular weight is 352 g/mol. The topological polar surface area (TPSA) is 90.6 Å². The summed E-state index contributed by atoms with van der Waals surface area (Å²) in [5, 5.41) is 2.59. The second kappa shape index (κ2) is 9.36. The molecular weight excluding hydrogens is 327 g/mol. The van der Waals surface area contributed by atoms with Crippen molar-refractivity contribution in [3.63, 3.8) is 0 Å². The lowest BCUT2D eigenvalue weighted by Crippen LogP contribution is -2.29. The third-order valence-electron chi connectivity index (χ3n) is 4.39. The lowest BCUT2D eigenvalue weighted by atomic mass is 9.85. The Hall–Kier alpha value is -2.15. The van der Waals surface area contributed by atoms with E-state index in [0.29, 0.717) is 25.4 Å². The number of esters is 1. The van der Waals surface area contributed by atoms with Crippen LogP contribution in [0.15, 0.2) is 18.2 Å². The summed E-state index contributed by atoms with van der Waals surface area (Å²) in [6.07, 6.45) is 3.56. The van der Waals surface area contributed by atoms with Crippen molar-refractivity contribution in [3.8, 4) is 5.75 Å². The molecule has 1 aromatic carbocycles. The van der Waals surface area contributed by atoms with Gasteiger partial charge in [0.2, 0.25) is 0 Å². The molecule has 2 rings (SSSR count). The monoisotopic (exact) mass is 352 g/mol. The number of hydrogen-bond acceptors (Lipinski definition) is 5. The summed E-state index contributed by atoms with van der Waals surface area (Å²) >= 11 is 0. The summed E-state index contributed by atoms with van der Waals surface area (Å²) < 4.78 is 24.6. The first-order chi connectivity index (χ1) is 12.0. The molecule has 1 aliphatic carbocycles. The van der Waals surface area contributed by atoms with Gasteiger partial charge in [-0.3, -0.25) is 9.59 Å². The molecule has 3 N–H and O–H groups in total. The molecule has 0 radical (unpaired) electrons. The van der Waals surface area contributed by atoms with E-state index in [1.165, 1.54) is 25.3 Å². The highest BCUT2D eigenvalue weighted by molar-refractivity contribution is 5.94. The quantitative estimate of drug-likeness (QED) is 0.733. The summed E-state index contributed by atoms with van der Waals surface area (Å²) in [5.74, 6) is -0.673. The standard InChI is InChI=1S/C18H25FN2O4/c1-24-17(22)10-12-2-5-14(6-3-12)25-16-7-4-13(11-15(16)19)18(23)21-9-8-20/h4,7,11-12,14H,2-3,5-6,8-10,20H2,1H3,(H,21,23). The van der Waals surface area contributed by atoms with Gasteiger partial charge in [-0.1, -0.05) is 0 Å². The number of amides is 1.